The van der Waals surface area contributed by atoms with Gasteiger partial charge in [-0.15, -0.1) is 0 Å². The van der Waals surface area contributed by atoms with E-state index in [0.29, 0.717) is 17.7 Å². The van der Waals surface area contributed by atoms with Crippen LogP contribution in [0.5, 0.6) is 0 Å². The highest BCUT2D eigenvalue weighted by Gasteiger charge is 2.29. The monoisotopic (exact) mass is 370 g/mol. The summed E-state index contributed by atoms with van der Waals surface area (Å²) in [6.07, 6.45) is 0. The average molecular weight is 370 g/mol. The Morgan fingerprint density at radius 1 is 1.42 bits per heavy atom. The number of sulfonamides is 1. The summed E-state index contributed by atoms with van der Waals surface area (Å²) in [7, 11) is -3.82. The minimum atomic E-state index is -3.82. The first-order valence-electron chi connectivity index (χ1n) is 7.22. The van der Waals surface area contributed by atoms with Crippen molar-refractivity contribution < 1.29 is 13.5 Å². The maximum absolute atomic E-state index is 12.6. The third kappa shape index (κ3) is 3.20. The van der Waals surface area contributed by atoms with Gasteiger partial charge in [0, 0.05) is 5.54 Å². The Labute approximate surface area is 143 Å². The Balaban J connectivity index is 1.80. The zero-order valence-corrected chi connectivity index (χ0v) is 14.9. The lowest BCUT2D eigenvalue weighted by atomic mass is 10.1. The molecule has 0 amide bonds. The van der Waals surface area contributed by atoms with Crippen LogP contribution in [0.2, 0.25) is 0 Å². The summed E-state index contributed by atoms with van der Waals surface area (Å²) >= 11 is 0.966. The number of aliphatic imine (C=N–C) groups is 1. The van der Waals surface area contributed by atoms with Gasteiger partial charge in [-0.2, -0.15) is 8.75 Å². The molecule has 24 heavy (non-hydrogen) atoms. The van der Waals surface area contributed by atoms with E-state index in [1.807, 2.05) is 18.7 Å². The number of aliphatic hydroxyl groups is 1. The Morgan fingerprint density at radius 2 is 2.21 bits per heavy atom. The van der Waals surface area contributed by atoms with Crippen molar-refractivity contribution in [2.75, 3.05) is 19.9 Å². The van der Waals surface area contributed by atoms with Crippen LogP contribution in [0, 0.1) is 0 Å². The van der Waals surface area contributed by atoms with Crippen molar-refractivity contribution >= 4 is 38.7 Å². The van der Waals surface area contributed by atoms with E-state index in [1.165, 1.54) is 6.07 Å². The third-order valence-corrected chi connectivity index (χ3v) is 5.76. The largest absolute Gasteiger partial charge is 0.394 e. The summed E-state index contributed by atoms with van der Waals surface area (Å²) in [6, 6.07) is 4.82. The quantitative estimate of drug-likeness (QED) is 0.688. The van der Waals surface area contributed by atoms with Crippen molar-refractivity contribution in [1.29, 1.82) is 0 Å². The predicted octanol–water partition coefficient (Wildman–Crippen LogP) is -0.0833. The number of nitrogens with zero attached hydrogens (tertiary/aromatic N) is 4. The minimum absolute atomic E-state index is 0.0237. The molecule has 0 bridgehead atoms. The molecule has 2 aromatic rings. The van der Waals surface area contributed by atoms with Crippen LogP contribution in [0.3, 0.4) is 0 Å². The van der Waals surface area contributed by atoms with E-state index >= 15 is 0 Å². The van der Waals surface area contributed by atoms with Gasteiger partial charge in [0.15, 0.2) is 0 Å². The normalized spacial score (nSPS) is 16.7. The highest BCUT2D eigenvalue weighted by molar-refractivity contribution is 7.90. The number of hydrogen-bond acceptors (Lipinski definition) is 9. The second kappa shape index (κ2) is 6.24. The second-order valence-corrected chi connectivity index (χ2v) is 8.17. The Kier molecular flexibility index (Phi) is 4.42. The van der Waals surface area contributed by atoms with Crippen LogP contribution in [-0.2, 0) is 10.0 Å². The summed E-state index contributed by atoms with van der Waals surface area (Å²) < 4.78 is 35.7. The van der Waals surface area contributed by atoms with E-state index in [1.54, 1.807) is 12.1 Å². The molecule has 1 aliphatic rings. The topological polar surface area (TPSA) is 120 Å². The van der Waals surface area contributed by atoms with Crippen molar-refractivity contribution in [1.82, 2.24) is 23.7 Å². The standard InChI is InChI=1S/C13H18N6O3S2/c1-13(2,6-20)19-7-14-12(15-8-19)18-24(21,22)10-5-3-4-9-11(10)17-23-16-9/h3-5,20H,6-8H2,1-2H3,(H2,14,15,18). The van der Waals surface area contributed by atoms with E-state index in [0.717, 1.165) is 11.7 Å². The van der Waals surface area contributed by atoms with Crippen LogP contribution < -0.4 is 10.0 Å². The predicted molar refractivity (Wildman–Crippen MR) is 91.0 cm³/mol. The molecule has 2 heterocycles. The van der Waals surface area contributed by atoms with Gasteiger partial charge in [0.1, 0.15) is 15.9 Å². The minimum Gasteiger partial charge on any atom is -0.394 e. The third-order valence-electron chi connectivity index (χ3n) is 3.85. The zero-order chi connectivity index (χ0) is 17.4. The number of guanidine groups is 1. The van der Waals surface area contributed by atoms with Gasteiger partial charge in [0.2, 0.25) is 5.96 Å². The molecule has 0 spiro atoms. The highest BCUT2D eigenvalue weighted by atomic mass is 32.2. The molecule has 0 saturated carbocycles. The van der Waals surface area contributed by atoms with Crippen molar-refractivity contribution in [3.05, 3.63) is 18.2 Å². The molecule has 9 nitrogen and oxygen atoms in total. The first-order valence-corrected chi connectivity index (χ1v) is 9.43. The van der Waals surface area contributed by atoms with Gasteiger partial charge in [0.25, 0.3) is 10.0 Å². The number of nitrogens with one attached hydrogen (secondary N) is 2. The zero-order valence-electron chi connectivity index (χ0n) is 13.2. The van der Waals surface area contributed by atoms with Gasteiger partial charge in [-0.1, -0.05) is 6.07 Å². The SMILES string of the molecule is CC(C)(CO)N1CN=C(NS(=O)(=O)c2cccc3nsnc23)NC1. The number of benzene rings is 1. The fourth-order valence-corrected chi connectivity index (χ4v) is 3.96. The molecule has 130 valence electrons. The van der Waals surface area contributed by atoms with Gasteiger partial charge in [0.05, 0.1) is 31.7 Å². The molecule has 0 aliphatic carbocycles. The lowest BCUT2D eigenvalue weighted by Gasteiger charge is -2.38. The molecule has 3 N–H and O–H groups in total. The lowest BCUT2D eigenvalue weighted by molar-refractivity contribution is 0.0528. The lowest BCUT2D eigenvalue weighted by Crippen LogP contribution is -2.57. The maximum Gasteiger partial charge on any atom is 0.266 e. The number of hydrogen-bond donors (Lipinski definition) is 3. The Hall–Kier alpha value is -1.82. The van der Waals surface area contributed by atoms with E-state index < -0.39 is 15.6 Å². The fourth-order valence-electron chi connectivity index (χ4n) is 2.19. The molecule has 1 aromatic carbocycles. The molecule has 0 radical (unpaired) electrons. The molecule has 1 aromatic heterocycles. The van der Waals surface area contributed by atoms with E-state index in [9.17, 15) is 13.5 Å². The Bertz CT molecular complexity index is 877. The van der Waals surface area contributed by atoms with Crippen molar-refractivity contribution in [2.24, 2.45) is 4.99 Å². The molecule has 0 unspecified atom stereocenters. The van der Waals surface area contributed by atoms with Gasteiger partial charge in [-0.05, 0) is 26.0 Å². The summed E-state index contributed by atoms with van der Waals surface area (Å²) in [5.74, 6) is 0.167. The van der Waals surface area contributed by atoms with Gasteiger partial charge >= 0.3 is 0 Å². The fraction of sp³-hybridized carbons (Fsp3) is 0.462. The van der Waals surface area contributed by atoms with Gasteiger partial charge in [-0.3, -0.25) is 4.90 Å². The summed E-state index contributed by atoms with van der Waals surface area (Å²) in [5.41, 5.74) is 0.436. The second-order valence-electron chi connectivity index (χ2n) is 5.99. The summed E-state index contributed by atoms with van der Waals surface area (Å²) in [5, 5.41) is 12.3. The van der Waals surface area contributed by atoms with E-state index in [-0.39, 0.29) is 24.1 Å². The summed E-state index contributed by atoms with van der Waals surface area (Å²) in [4.78, 5) is 6.16. The molecule has 3 rings (SSSR count). The van der Waals surface area contributed by atoms with Crippen molar-refractivity contribution in [2.45, 2.75) is 24.3 Å². The average Bonchev–Trinajstić information content (AvgIpc) is 3.03. The van der Waals surface area contributed by atoms with E-state index in [4.69, 9.17) is 0 Å². The number of aliphatic hydroxyl groups excluding tert-OH is 1. The Morgan fingerprint density at radius 3 is 2.88 bits per heavy atom. The first-order chi connectivity index (χ1) is 11.3. The summed E-state index contributed by atoms with van der Waals surface area (Å²) in [6.45, 7) is 4.40. The van der Waals surface area contributed by atoms with Crippen molar-refractivity contribution in [3.63, 3.8) is 0 Å². The number of fused-ring (bicyclic) bond motifs is 1. The van der Waals surface area contributed by atoms with Crippen molar-refractivity contribution in [3.8, 4) is 0 Å². The van der Waals surface area contributed by atoms with Crippen LogP contribution in [0.15, 0.2) is 28.1 Å². The van der Waals surface area contributed by atoms with Crippen LogP contribution in [-0.4, -0.2) is 58.6 Å². The van der Waals surface area contributed by atoms with E-state index in [2.05, 4.69) is 23.8 Å². The smallest absolute Gasteiger partial charge is 0.266 e. The van der Waals surface area contributed by atoms with Gasteiger partial charge < -0.3 is 10.4 Å². The number of rotatable bonds is 4. The highest BCUT2D eigenvalue weighted by Crippen LogP contribution is 2.21. The molecule has 11 heteroatoms. The van der Waals surface area contributed by atoms with Crippen LogP contribution in [0.4, 0.5) is 0 Å². The van der Waals surface area contributed by atoms with Crippen LogP contribution >= 0.6 is 11.7 Å². The molecular formula is C13H18N6O3S2. The van der Waals surface area contributed by atoms with Crippen LogP contribution in [0.1, 0.15) is 13.8 Å². The molecule has 1 aliphatic heterocycles. The first kappa shape index (κ1) is 17.0. The molecule has 0 fully saturated rings. The molecule has 0 atom stereocenters. The van der Waals surface area contributed by atoms with Crippen LogP contribution in [0.25, 0.3) is 11.0 Å². The van der Waals surface area contributed by atoms with Gasteiger partial charge in [-0.25, -0.2) is 18.1 Å². The number of aromatic nitrogens is 2. The maximum atomic E-state index is 12.6. The molecule has 0 saturated heterocycles. The molecular weight excluding hydrogens is 352 g/mol.